The summed E-state index contributed by atoms with van der Waals surface area (Å²) < 4.78 is 4.65. The molecule has 1 saturated heterocycles. The molecule has 0 aromatic carbocycles. The Labute approximate surface area is 64.2 Å². The number of hydrogen-bond donors (Lipinski definition) is 2. The van der Waals surface area contributed by atoms with Crippen LogP contribution in [0.15, 0.2) is 16.9 Å². The molecule has 0 amide bonds. The molecule has 60 valence electrons. The van der Waals surface area contributed by atoms with Crippen LogP contribution < -0.4 is 5.32 Å². The average molecular weight is 154 g/mol. The first-order chi connectivity index (χ1) is 5.29. The van der Waals surface area contributed by atoms with Crippen molar-refractivity contribution in [1.29, 1.82) is 0 Å². The van der Waals surface area contributed by atoms with Gasteiger partial charge in [0.1, 0.15) is 6.26 Å². The van der Waals surface area contributed by atoms with Crippen LogP contribution in [0.1, 0.15) is 5.69 Å². The minimum atomic E-state index is -0.586. The lowest BCUT2D eigenvalue weighted by molar-refractivity contribution is -0.0103. The summed E-state index contributed by atoms with van der Waals surface area (Å²) in [5.41, 5.74) is 0.227. The van der Waals surface area contributed by atoms with Gasteiger partial charge in [0.05, 0.1) is 11.3 Å². The fourth-order valence-electron chi connectivity index (χ4n) is 1.20. The van der Waals surface area contributed by atoms with E-state index in [0.717, 1.165) is 5.69 Å². The second kappa shape index (κ2) is 2.32. The first kappa shape index (κ1) is 6.82. The summed E-state index contributed by atoms with van der Waals surface area (Å²) in [5, 5.41) is 16.4. The first-order valence-electron chi connectivity index (χ1n) is 3.61. The van der Waals surface area contributed by atoms with E-state index in [1.165, 1.54) is 6.26 Å². The van der Waals surface area contributed by atoms with Gasteiger partial charge in [0.15, 0.2) is 0 Å². The van der Waals surface area contributed by atoms with Crippen molar-refractivity contribution in [1.82, 2.24) is 10.5 Å². The van der Waals surface area contributed by atoms with Gasteiger partial charge >= 0.3 is 0 Å². The van der Waals surface area contributed by atoms with Gasteiger partial charge in [0.25, 0.3) is 0 Å². The summed E-state index contributed by atoms with van der Waals surface area (Å²) in [6.07, 6.45) is 2.10. The molecule has 2 heterocycles. The van der Waals surface area contributed by atoms with Gasteiger partial charge in [-0.1, -0.05) is 5.16 Å². The van der Waals surface area contributed by atoms with Crippen LogP contribution in [-0.2, 0) is 6.42 Å². The van der Waals surface area contributed by atoms with Crippen LogP contribution in [0, 0.1) is 0 Å². The Morgan fingerprint density at radius 1 is 1.73 bits per heavy atom. The largest absolute Gasteiger partial charge is 0.387 e. The zero-order valence-corrected chi connectivity index (χ0v) is 6.08. The van der Waals surface area contributed by atoms with Gasteiger partial charge in [-0.15, -0.1) is 0 Å². The van der Waals surface area contributed by atoms with Gasteiger partial charge < -0.3 is 14.9 Å². The van der Waals surface area contributed by atoms with E-state index < -0.39 is 5.60 Å². The molecule has 4 nitrogen and oxygen atoms in total. The van der Waals surface area contributed by atoms with Crippen molar-refractivity contribution in [3.8, 4) is 0 Å². The van der Waals surface area contributed by atoms with Crippen LogP contribution in [-0.4, -0.2) is 29.0 Å². The van der Waals surface area contributed by atoms with E-state index in [0.29, 0.717) is 19.5 Å². The first-order valence-corrected chi connectivity index (χ1v) is 3.61. The summed E-state index contributed by atoms with van der Waals surface area (Å²) in [5.74, 6) is 0. The molecule has 0 saturated carbocycles. The molecule has 0 unspecified atom stereocenters. The quantitative estimate of drug-likeness (QED) is 0.606. The molecule has 1 aliphatic rings. The monoisotopic (exact) mass is 154 g/mol. The van der Waals surface area contributed by atoms with E-state index in [9.17, 15) is 5.11 Å². The predicted molar refractivity (Wildman–Crippen MR) is 38.0 cm³/mol. The van der Waals surface area contributed by atoms with Gasteiger partial charge in [-0.2, -0.15) is 0 Å². The Morgan fingerprint density at radius 3 is 3.00 bits per heavy atom. The lowest BCUT2D eigenvalue weighted by atomic mass is 9.92. The van der Waals surface area contributed by atoms with E-state index in [4.69, 9.17) is 0 Å². The molecule has 1 aliphatic heterocycles. The molecule has 0 aliphatic carbocycles. The smallest absolute Gasteiger partial charge is 0.124 e. The maximum absolute atomic E-state index is 9.64. The second-order valence-electron chi connectivity index (χ2n) is 3.00. The highest BCUT2D eigenvalue weighted by Gasteiger charge is 2.34. The Balaban J connectivity index is 2.00. The van der Waals surface area contributed by atoms with E-state index in [1.807, 2.05) is 0 Å². The molecule has 0 spiro atoms. The highest BCUT2D eigenvalue weighted by Crippen LogP contribution is 2.15. The molecular weight excluding hydrogens is 144 g/mol. The zero-order chi connectivity index (χ0) is 7.73. The number of aromatic nitrogens is 1. The van der Waals surface area contributed by atoms with Gasteiger partial charge in [0, 0.05) is 25.6 Å². The third-order valence-electron chi connectivity index (χ3n) is 1.91. The number of aliphatic hydroxyl groups is 1. The Morgan fingerprint density at radius 2 is 2.55 bits per heavy atom. The minimum absolute atomic E-state index is 0.580. The van der Waals surface area contributed by atoms with E-state index >= 15 is 0 Å². The topological polar surface area (TPSA) is 58.3 Å². The molecule has 2 N–H and O–H groups in total. The van der Waals surface area contributed by atoms with Crippen LogP contribution in [0.25, 0.3) is 0 Å². The van der Waals surface area contributed by atoms with Crippen molar-refractivity contribution in [3.63, 3.8) is 0 Å². The lowest BCUT2D eigenvalue weighted by Gasteiger charge is -2.36. The molecule has 11 heavy (non-hydrogen) atoms. The number of rotatable bonds is 2. The fraction of sp³-hybridized carbons (Fsp3) is 0.571. The maximum Gasteiger partial charge on any atom is 0.124 e. The van der Waals surface area contributed by atoms with Gasteiger partial charge in [-0.25, -0.2) is 0 Å². The Kier molecular flexibility index (Phi) is 1.44. The van der Waals surface area contributed by atoms with E-state index in [2.05, 4.69) is 15.0 Å². The highest BCUT2D eigenvalue weighted by atomic mass is 16.5. The number of nitrogens with zero attached hydrogens (tertiary/aromatic N) is 1. The Bertz CT molecular complexity index is 229. The minimum Gasteiger partial charge on any atom is -0.387 e. The van der Waals surface area contributed by atoms with Crippen LogP contribution in [0.5, 0.6) is 0 Å². The molecule has 0 radical (unpaired) electrons. The molecule has 1 fully saturated rings. The fourth-order valence-corrected chi connectivity index (χ4v) is 1.20. The standard InChI is InChI=1S/C7H10N2O2/c10-7(4-8-5-7)3-6-1-2-11-9-6/h1-2,8,10H,3-5H2. The average Bonchev–Trinajstić information content (AvgIpc) is 2.36. The second-order valence-corrected chi connectivity index (χ2v) is 3.00. The molecule has 1 aromatic rings. The molecule has 0 atom stereocenters. The summed E-state index contributed by atoms with van der Waals surface area (Å²) >= 11 is 0. The number of nitrogens with one attached hydrogen (secondary N) is 1. The molecular formula is C7H10N2O2. The molecule has 2 rings (SSSR count). The lowest BCUT2D eigenvalue weighted by Crippen LogP contribution is -2.60. The van der Waals surface area contributed by atoms with Gasteiger partial charge in [0.2, 0.25) is 0 Å². The van der Waals surface area contributed by atoms with Crippen molar-refractivity contribution in [2.45, 2.75) is 12.0 Å². The van der Waals surface area contributed by atoms with Crippen LogP contribution in [0.3, 0.4) is 0 Å². The Hall–Kier alpha value is -0.870. The third-order valence-corrected chi connectivity index (χ3v) is 1.91. The van der Waals surface area contributed by atoms with E-state index in [1.54, 1.807) is 6.07 Å². The molecule has 0 bridgehead atoms. The highest BCUT2D eigenvalue weighted by molar-refractivity contribution is 5.06. The summed E-state index contributed by atoms with van der Waals surface area (Å²) in [4.78, 5) is 0. The normalized spacial score (nSPS) is 21.2. The summed E-state index contributed by atoms with van der Waals surface area (Å²) in [6.45, 7) is 1.31. The number of β-amino-alcohol motifs (C(OH)–C–C–N with tert-alkyl or cyclic N) is 1. The van der Waals surface area contributed by atoms with Crippen molar-refractivity contribution < 1.29 is 9.63 Å². The maximum atomic E-state index is 9.64. The third kappa shape index (κ3) is 1.27. The van der Waals surface area contributed by atoms with Crippen molar-refractivity contribution in [3.05, 3.63) is 18.0 Å². The van der Waals surface area contributed by atoms with Crippen LogP contribution in [0.4, 0.5) is 0 Å². The van der Waals surface area contributed by atoms with Crippen LogP contribution >= 0.6 is 0 Å². The van der Waals surface area contributed by atoms with Gasteiger partial charge in [-0.05, 0) is 0 Å². The van der Waals surface area contributed by atoms with E-state index in [-0.39, 0.29) is 0 Å². The SMILES string of the molecule is OC1(Cc2ccon2)CNC1. The molecule has 1 aromatic heterocycles. The molecule has 4 heteroatoms. The van der Waals surface area contributed by atoms with Crippen molar-refractivity contribution >= 4 is 0 Å². The van der Waals surface area contributed by atoms with Crippen molar-refractivity contribution in [2.75, 3.05) is 13.1 Å². The van der Waals surface area contributed by atoms with Crippen LogP contribution in [0.2, 0.25) is 0 Å². The predicted octanol–water partition coefficient (Wildman–Crippen LogP) is -0.449. The summed E-state index contributed by atoms with van der Waals surface area (Å²) in [7, 11) is 0. The zero-order valence-electron chi connectivity index (χ0n) is 6.08. The number of hydrogen-bond acceptors (Lipinski definition) is 4. The van der Waals surface area contributed by atoms with Gasteiger partial charge in [-0.3, -0.25) is 0 Å². The summed E-state index contributed by atoms with van der Waals surface area (Å²) in [6, 6.07) is 1.77. The van der Waals surface area contributed by atoms with Crippen molar-refractivity contribution in [2.24, 2.45) is 0 Å².